The Hall–Kier alpha value is -0.570. The van der Waals surface area contributed by atoms with Crippen molar-refractivity contribution in [3.63, 3.8) is 0 Å². The van der Waals surface area contributed by atoms with Gasteiger partial charge in [0.1, 0.15) is 0 Å². The Morgan fingerprint density at radius 1 is 1.29 bits per heavy atom. The molecule has 1 saturated carbocycles. The summed E-state index contributed by atoms with van der Waals surface area (Å²) in [7, 11) is 0. The monoisotopic (exact) mass is 251 g/mol. The van der Waals surface area contributed by atoms with Crippen molar-refractivity contribution in [2.24, 2.45) is 0 Å². The molecule has 0 aromatic heterocycles. The average Bonchev–Trinajstić information content (AvgIpc) is 2.39. The molecule has 1 aromatic rings. The number of nitrogens with one attached hydrogen (secondary N) is 1. The highest BCUT2D eigenvalue weighted by molar-refractivity contribution is 6.31. The number of halogens is 1. The number of hydrogen-bond acceptors (Lipinski definition) is 2. The van der Waals surface area contributed by atoms with Crippen LogP contribution in [0.4, 0.5) is 0 Å². The highest BCUT2D eigenvalue weighted by Gasteiger charge is 2.45. The zero-order chi connectivity index (χ0) is 11.7. The predicted octanol–water partition coefficient (Wildman–Crippen LogP) is 3.10. The third-order valence-corrected chi connectivity index (χ3v) is 4.38. The second-order valence-electron chi connectivity index (χ2n) is 4.98. The topological polar surface area (TPSA) is 21.3 Å². The Morgan fingerprint density at radius 3 is 3.06 bits per heavy atom. The van der Waals surface area contributed by atoms with E-state index in [-0.39, 0.29) is 11.6 Å². The van der Waals surface area contributed by atoms with Crippen molar-refractivity contribution in [3.8, 4) is 0 Å². The minimum absolute atomic E-state index is 0.0468. The molecule has 2 nitrogen and oxygen atoms in total. The fraction of sp³-hybridized carbons (Fsp3) is 0.571. The van der Waals surface area contributed by atoms with Crippen LogP contribution in [0.2, 0.25) is 5.02 Å². The third kappa shape index (κ3) is 1.88. The lowest BCUT2D eigenvalue weighted by Crippen LogP contribution is -2.59. The molecule has 17 heavy (non-hydrogen) atoms. The highest BCUT2D eigenvalue weighted by Crippen LogP contribution is 2.42. The number of rotatable bonds is 1. The zero-order valence-corrected chi connectivity index (χ0v) is 10.7. The quantitative estimate of drug-likeness (QED) is 0.828. The molecule has 0 bridgehead atoms. The molecule has 1 saturated heterocycles. The van der Waals surface area contributed by atoms with E-state index in [9.17, 15) is 0 Å². The minimum atomic E-state index is -0.0468. The van der Waals surface area contributed by atoms with Crippen LogP contribution in [0.15, 0.2) is 24.3 Å². The lowest BCUT2D eigenvalue weighted by molar-refractivity contribution is -0.0756. The molecule has 2 atom stereocenters. The van der Waals surface area contributed by atoms with E-state index in [4.69, 9.17) is 16.3 Å². The van der Waals surface area contributed by atoms with Gasteiger partial charge < -0.3 is 10.1 Å². The van der Waals surface area contributed by atoms with E-state index in [0.29, 0.717) is 0 Å². The molecule has 1 heterocycles. The average molecular weight is 252 g/mol. The number of ether oxygens (including phenoxy) is 1. The fourth-order valence-corrected chi connectivity index (χ4v) is 3.57. The van der Waals surface area contributed by atoms with Crippen LogP contribution in [0, 0.1) is 0 Å². The van der Waals surface area contributed by atoms with E-state index < -0.39 is 0 Å². The Kier molecular flexibility index (Phi) is 3.12. The lowest BCUT2D eigenvalue weighted by Gasteiger charge is -2.48. The van der Waals surface area contributed by atoms with Crippen molar-refractivity contribution < 1.29 is 4.74 Å². The van der Waals surface area contributed by atoms with Gasteiger partial charge in [0.15, 0.2) is 0 Å². The van der Waals surface area contributed by atoms with E-state index in [1.165, 1.54) is 18.4 Å². The SMILES string of the molecule is Clc1ccccc1[C@@]12CCCC[C@@H]1OCCN2. The van der Waals surface area contributed by atoms with E-state index in [0.717, 1.165) is 31.0 Å². The molecule has 1 aromatic carbocycles. The highest BCUT2D eigenvalue weighted by atomic mass is 35.5. The molecule has 0 unspecified atom stereocenters. The van der Waals surface area contributed by atoms with Crippen LogP contribution >= 0.6 is 11.6 Å². The van der Waals surface area contributed by atoms with Gasteiger partial charge in [-0.3, -0.25) is 0 Å². The maximum Gasteiger partial charge on any atom is 0.0799 e. The molecule has 2 fully saturated rings. The Labute approximate surface area is 107 Å². The first-order chi connectivity index (χ1) is 8.33. The maximum atomic E-state index is 6.38. The molecule has 0 spiro atoms. The van der Waals surface area contributed by atoms with Crippen LogP contribution < -0.4 is 5.32 Å². The van der Waals surface area contributed by atoms with Crippen molar-refractivity contribution in [2.75, 3.05) is 13.2 Å². The summed E-state index contributed by atoms with van der Waals surface area (Å²) in [5, 5.41) is 4.54. The van der Waals surface area contributed by atoms with Crippen LogP contribution in [0.5, 0.6) is 0 Å². The zero-order valence-electron chi connectivity index (χ0n) is 9.92. The Bertz CT molecular complexity index is 395. The predicted molar refractivity (Wildman–Crippen MR) is 69.3 cm³/mol. The van der Waals surface area contributed by atoms with Crippen LogP contribution in [-0.4, -0.2) is 19.3 Å². The second-order valence-corrected chi connectivity index (χ2v) is 5.39. The van der Waals surface area contributed by atoms with E-state index in [1.807, 2.05) is 12.1 Å². The first kappa shape index (κ1) is 11.5. The lowest BCUT2D eigenvalue weighted by atomic mass is 9.73. The summed E-state index contributed by atoms with van der Waals surface area (Å²) in [6, 6.07) is 8.18. The Morgan fingerprint density at radius 2 is 2.18 bits per heavy atom. The van der Waals surface area contributed by atoms with Crippen molar-refractivity contribution in [1.82, 2.24) is 5.32 Å². The van der Waals surface area contributed by atoms with Crippen molar-refractivity contribution in [2.45, 2.75) is 37.3 Å². The van der Waals surface area contributed by atoms with E-state index in [1.54, 1.807) is 0 Å². The van der Waals surface area contributed by atoms with Crippen LogP contribution in [0.3, 0.4) is 0 Å². The summed E-state index contributed by atoms with van der Waals surface area (Å²) >= 11 is 6.38. The standard InChI is InChI=1S/C14H18ClNO/c15-12-6-2-1-5-11(12)14-8-4-3-7-13(14)17-10-9-16-14/h1-2,5-6,13,16H,3-4,7-10H2/t13-,14-/m0/s1. The Balaban J connectivity index is 2.04. The van der Waals surface area contributed by atoms with Gasteiger partial charge in [-0.25, -0.2) is 0 Å². The number of fused-ring (bicyclic) bond motifs is 1. The summed E-state index contributed by atoms with van der Waals surface area (Å²) < 4.78 is 5.97. The molecule has 2 aliphatic rings. The molecule has 0 amide bonds. The molecule has 1 aliphatic carbocycles. The van der Waals surface area contributed by atoms with Gasteiger partial charge in [0.05, 0.1) is 18.2 Å². The van der Waals surface area contributed by atoms with E-state index >= 15 is 0 Å². The molecular formula is C14H18ClNO. The van der Waals surface area contributed by atoms with Gasteiger partial charge in [-0.15, -0.1) is 0 Å². The summed E-state index contributed by atoms with van der Waals surface area (Å²) in [4.78, 5) is 0. The molecule has 3 rings (SSSR count). The van der Waals surface area contributed by atoms with Gasteiger partial charge in [0.25, 0.3) is 0 Å². The molecule has 0 radical (unpaired) electrons. The van der Waals surface area contributed by atoms with Crippen molar-refractivity contribution >= 4 is 11.6 Å². The molecular weight excluding hydrogens is 234 g/mol. The molecule has 3 heteroatoms. The van der Waals surface area contributed by atoms with Crippen LogP contribution in [-0.2, 0) is 10.3 Å². The van der Waals surface area contributed by atoms with Crippen LogP contribution in [0.25, 0.3) is 0 Å². The molecule has 1 N–H and O–H groups in total. The fourth-order valence-electron chi connectivity index (χ4n) is 3.27. The second kappa shape index (κ2) is 4.60. The van der Waals surface area contributed by atoms with Gasteiger partial charge in [0.2, 0.25) is 0 Å². The third-order valence-electron chi connectivity index (χ3n) is 4.05. The smallest absolute Gasteiger partial charge is 0.0799 e. The summed E-state index contributed by atoms with van der Waals surface area (Å²) in [5.74, 6) is 0. The summed E-state index contributed by atoms with van der Waals surface area (Å²) in [6.45, 7) is 1.73. The largest absolute Gasteiger partial charge is 0.375 e. The number of benzene rings is 1. The number of morpholine rings is 1. The van der Waals surface area contributed by atoms with Crippen LogP contribution in [0.1, 0.15) is 31.2 Å². The normalized spacial score (nSPS) is 33.1. The van der Waals surface area contributed by atoms with Crippen molar-refractivity contribution in [3.05, 3.63) is 34.9 Å². The van der Waals surface area contributed by atoms with Gasteiger partial charge in [0, 0.05) is 11.6 Å². The van der Waals surface area contributed by atoms with Gasteiger partial charge in [-0.1, -0.05) is 42.6 Å². The van der Waals surface area contributed by atoms with Gasteiger partial charge >= 0.3 is 0 Å². The molecule has 1 aliphatic heterocycles. The van der Waals surface area contributed by atoms with Crippen molar-refractivity contribution in [1.29, 1.82) is 0 Å². The minimum Gasteiger partial charge on any atom is -0.375 e. The first-order valence-corrected chi connectivity index (χ1v) is 6.82. The maximum absolute atomic E-state index is 6.38. The van der Waals surface area contributed by atoms with Gasteiger partial charge in [-0.05, 0) is 24.5 Å². The van der Waals surface area contributed by atoms with E-state index in [2.05, 4.69) is 17.4 Å². The number of hydrogen-bond donors (Lipinski definition) is 1. The first-order valence-electron chi connectivity index (χ1n) is 6.44. The van der Waals surface area contributed by atoms with Gasteiger partial charge in [-0.2, -0.15) is 0 Å². The summed E-state index contributed by atoms with van der Waals surface area (Å²) in [5.41, 5.74) is 1.17. The molecule has 92 valence electrons. The summed E-state index contributed by atoms with van der Waals surface area (Å²) in [6.07, 6.45) is 5.06.